The second-order valence-corrected chi connectivity index (χ2v) is 6.44. The molecule has 0 unspecified atom stereocenters. The van der Waals surface area contributed by atoms with E-state index in [1.54, 1.807) is 24.3 Å². The molecular weight excluding hydrogens is 326 g/mol. The SMILES string of the molecule is O=C(O)/C=C/c1ccc(Cl)cc1NS(=O)(=O)c1ccccc1. The van der Waals surface area contributed by atoms with Crippen LogP contribution in [0.15, 0.2) is 59.5 Å². The van der Waals surface area contributed by atoms with Crippen molar-refractivity contribution in [3.05, 3.63) is 65.2 Å². The van der Waals surface area contributed by atoms with Gasteiger partial charge in [-0.3, -0.25) is 4.72 Å². The molecule has 0 saturated carbocycles. The standard InChI is InChI=1S/C15H12ClNO4S/c16-12-8-6-11(7-9-15(18)19)14(10-12)17-22(20,21)13-4-2-1-3-5-13/h1-10,17H,(H,18,19)/b9-7+. The molecule has 0 aliphatic carbocycles. The Morgan fingerprint density at radius 3 is 2.45 bits per heavy atom. The fourth-order valence-corrected chi connectivity index (χ4v) is 3.00. The highest BCUT2D eigenvalue weighted by molar-refractivity contribution is 7.92. The molecule has 0 amide bonds. The fraction of sp³-hybridized carbons (Fsp3) is 0. The Morgan fingerprint density at radius 2 is 1.82 bits per heavy atom. The van der Waals surface area contributed by atoms with Gasteiger partial charge in [-0.2, -0.15) is 0 Å². The number of aliphatic carboxylic acids is 1. The van der Waals surface area contributed by atoms with E-state index < -0.39 is 16.0 Å². The summed E-state index contributed by atoms with van der Waals surface area (Å²) < 4.78 is 27.0. The van der Waals surface area contributed by atoms with Gasteiger partial charge >= 0.3 is 5.97 Å². The van der Waals surface area contributed by atoms with Gasteiger partial charge in [0.1, 0.15) is 0 Å². The summed E-state index contributed by atoms with van der Waals surface area (Å²) in [5, 5.41) is 9.01. The monoisotopic (exact) mass is 337 g/mol. The van der Waals surface area contributed by atoms with Crippen molar-refractivity contribution in [2.24, 2.45) is 0 Å². The number of anilines is 1. The number of carboxylic acids is 1. The highest BCUT2D eigenvalue weighted by Crippen LogP contribution is 2.25. The number of benzene rings is 2. The van der Waals surface area contributed by atoms with Gasteiger partial charge < -0.3 is 5.11 Å². The predicted octanol–water partition coefficient (Wildman–Crippen LogP) is 3.24. The van der Waals surface area contributed by atoms with Crippen LogP contribution in [-0.2, 0) is 14.8 Å². The van der Waals surface area contributed by atoms with Gasteiger partial charge in [0.2, 0.25) is 0 Å². The summed E-state index contributed by atoms with van der Waals surface area (Å²) in [6, 6.07) is 12.3. The van der Waals surface area contributed by atoms with Gasteiger partial charge in [0.05, 0.1) is 10.6 Å². The normalized spacial score (nSPS) is 11.5. The summed E-state index contributed by atoms with van der Waals surface area (Å²) in [6.45, 7) is 0. The van der Waals surface area contributed by atoms with Crippen molar-refractivity contribution >= 4 is 39.4 Å². The molecule has 0 bridgehead atoms. The van der Waals surface area contributed by atoms with Crippen LogP contribution in [0.1, 0.15) is 5.56 Å². The molecule has 2 aromatic rings. The molecule has 0 saturated heterocycles. The van der Waals surface area contributed by atoms with Crippen molar-refractivity contribution in [1.29, 1.82) is 0 Å². The molecule has 7 heteroatoms. The Labute approximate surface area is 132 Å². The average Bonchev–Trinajstić information content (AvgIpc) is 2.47. The lowest BCUT2D eigenvalue weighted by Crippen LogP contribution is -2.13. The molecule has 0 aliphatic heterocycles. The van der Waals surface area contributed by atoms with E-state index in [0.717, 1.165) is 6.08 Å². The number of hydrogen-bond acceptors (Lipinski definition) is 3. The number of carbonyl (C=O) groups is 1. The Balaban J connectivity index is 2.40. The van der Waals surface area contributed by atoms with Crippen LogP contribution in [0.5, 0.6) is 0 Å². The second kappa shape index (κ2) is 6.64. The lowest BCUT2D eigenvalue weighted by Gasteiger charge is -2.11. The Kier molecular flexibility index (Phi) is 4.85. The maximum atomic E-state index is 12.3. The number of hydrogen-bond donors (Lipinski definition) is 2. The van der Waals surface area contributed by atoms with Crippen LogP contribution in [0, 0.1) is 0 Å². The van der Waals surface area contributed by atoms with E-state index in [1.807, 2.05) is 0 Å². The number of carboxylic acid groups (broad SMARTS) is 1. The smallest absolute Gasteiger partial charge is 0.328 e. The molecule has 0 atom stereocenters. The van der Waals surface area contributed by atoms with E-state index in [0.29, 0.717) is 10.6 Å². The zero-order valence-electron chi connectivity index (χ0n) is 11.2. The summed E-state index contributed by atoms with van der Waals surface area (Å²) >= 11 is 5.88. The van der Waals surface area contributed by atoms with Crippen molar-refractivity contribution in [3.8, 4) is 0 Å². The van der Waals surface area contributed by atoms with Crippen LogP contribution in [0.2, 0.25) is 5.02 Å². The van der Waals surface area contributed by atoms with Crippen LogP contribution in [0.25, 0.3) is 6.08 Å². The van der Waals surface area contributed by atoms with Crippen LogP contribution in [-0.4, -0.2) is 19.5 Å². The van der Waals surface area contributed by atoms with Gasteiger partial charge in [0.15, 0.2) is 0 Å². The maximum Gasteiger partial charge on any atom is 0.328 e. The summed E-state index contributed by atoms with van der Waals surface area (Å²) in [5.74, 6) is -1.13. The second-order valence-electron chi connectivity index (χ2n) is 4.32. The Hall–Kier alpha value is -2.31. The number of rotatable bonds is 5. The zero-order chi connectivity index (χ0) is 16.2. The van der Waals surface area contributed by atoms with Gasteiger partial charge in [-0.1, -0.05) is 35.9 Å². The largest absolute Gasteiger partial charge is 0.478 e. The molecule has 114 valence electrons. The van der Waals surface area contributed by atoms with Crippen molar-refractivity contribution in [3.63, 3.8) is 0 Å². The van der Waals surface area contributed by atoms with Gasteiger partial charge in [-0.15, -0.1) is 0 Å². The minimum atomic E-state index is -3.78. The molecule has 2 rings (SSSR count). The van der Waals surface area contributed by atoms with Crippen molar-refractivity contribution in [2.45, 2.75) is 4.90 Å². The molecule has 2 N–H and O–H groups in total. The van der Waals surface area contributed by atoms with Crippen molar-refractivity contribution in [1.82, 2.24) is 0 Å². The summed E-state index contributed by atoms with van der Waals surface area (Å²) in [5.41, 5.74) is 0.597. The molecule has 0 spiro atoms. The highest BCUT2D eigenvalue weighted by Gasteiger charge is 2.15. The first-order valence-electron chi connectivity index (χ1n) is 6.17. The predicted molar refractivity (Wildman–Crippen MR) is 85.4 cm³/mol. The third kappa shape index (κ3) is 4.09. The fourth-order valence-electron chi connectivity index (χ4n) is 1.73. The molecule has 22 heavy (non-hydrogen) atoms. The number of sulfonamides is 1. The molecular formula is C15H12ClNO4S. The maximum absolute atomic E-state index is 12.3. The van der Waals surface area contributed by atoms with Crippen LogP contribution < -0.4 is 4.72 Å². The molecule has 0 aromatic heterocycles. The summed E-state index contributed by atoms with van der Waals surface area (Å²) in [6.07, 6.45) is 2.21. The lowest BCUT2D eigenvalue weighted by molar-refractivity contribution is -0.131. The van der Waals surface area contributed by atoms with Gasteiger partial charge in [0.25, 0.3) is 10.0 Å². The molecule has 0 aliphatic rings. The zero-order valence-corrected chi connectivity index (χ0v) is 12.8. The average molecular weight is 338 g/mol. The van der Waals surface area contributed by atoms with E-state index in [4.69, 9.17) is 16.7 Å². The minimum Gasteiger partial charge on any atom is -0.478 e. The van der Waals surface area contributed by atoms with E-state index in [-0.39, 0.29) is 10.6 Å². The molecule has 0 heterocycles. The third-order valence-corrected chi connectivity index (χ3v) is 4.34. The molecule has 0 fully saturated rings. The van der Waals surface area contributed by atoms with E-state index >= 15 is 0 Å². The van der Waals surface area contributed by atoms with Crippen molar-refractivity contribution in [2.75, 3.05) is 4.72 Å². The van der Waals surface area contributed by atoms with Gasteiger partial charge in [0, 0.05) is 11.1 Å². The third-order valence-electron chi connectivity index (χ3n) is 2.72. The quantitative estimate of drug-likeness (QED) is 0.820. The Morgan fingerprint density at radius 1 is 1.14 bits per heavy atom. The number of nitrogens with one attached hydrogen (secondary N) is 1. The minimum absolute atomic E-state index is 0.100. The van der Waals surface area contributed by atoms with Gasteiger partial charge in [-0.05, 0) is 35.9 Å². The Bertz CT molecular complexity index is 817. The number of halogens is 1. The molecule has 5 nitrogen and oxygen atoms in total. The first-order chi connectivity index (χ1) is 10.4. The summed E-state index contributed by atoms with van der Waals surface area (Å²) in [7, 11) is -3.78. The lowest BCUT2D eigenvalue weighted by atomic mass is 10.1. The van der Waals surface area contributed by atoms with E-state index in [1.165, 1.54) is 30.3 Å². The van der Waals surface area contributed by atoms with E-state index in [2.05, 4.69) is 4.72 Å². The molecule has 2 aromatic carbocycles. The first kappa shape index (κ1) is 16.1. The summed E-state index contributed by atoms with van der Waals surface area (Å²) in [4.78, 5) is 10.7. The molecule has 0 radical (unpaired) electrons. The van der Waals surface area contributed by atoms with Gasteiger partial charge in [-0.25, -0.2) is 13.2 Å². The highest BCUT2D eigenvalue weighted by atomic mass is 35.5. The van der Waals surface area contributed by atoms with E-state index in [9.17, 15) is 13.2 Å². The van der Waals surface area contributed by atoms with Crippen LogP contribution in [0.4, 0.5) is 5.69 Å². The van der Waals surface area contributed by atoms with Crippen LogP contribution >= 0.6 is 11.6 Å². The van der Waals surface area contributed by atoms with Crippen molar-refractivity contribution < 1.29 is 18.3 Å². The topological polar surface area (TPSA) is 83.5 Å². The van der Waals surface area contributed by atoms with Crippen LogP contribution in [0.3, 0.4) is 0 Å². The first-order valence-corrected chi connectivity index (χ1v) is 8.03.